The fourth-order valence-electron chi connectivity index (χ4n) is 3.68. The van der Waals surface area contributed by atoms with Gasteiger partial charge in [-0.1, -0.05) is 51.9 Å². The standard InChI is InChI=1S/C20H39NO4/c1-4-5-6-7-9-12-15-20(21(24)19(2,3)17-25-20)16-13-10-8-11-14-18(22)23/h24H,4-17H2,1-3H3,(H,22,23). The Morgan fingerprint density at radius 1 is 0.960 bits per heavy atom. The van der Waals surface area contributed by atoms with Gasteiger partial charge in [0.05, 0.1) is 12.1 Å². The molecule has 1 aliphatic rings. The molecule has 0 aromatic heterocycles. The van der Waals surface area contributed by atoms with Crippen LogP contribution < -0.4 is 0 Å². The first-order valence-electron chi connectivity index (χ1n) is 10.2. The molecule has 5 nitrogen and oxygen atoms in total. The zero-order valence-corrected chi connectivity index (χ0v) is 16.6. The normalized spacial score (nSPS) is 23.2. The Kier molecular flexibility index (Phi) is 9.98. The van der Waals surface area contributed by atoms with E-state index in [0.717, 1.165) is 44.9 Å². The van der Waals surface area contributed by atoms with Crippen LogP contribution in [-0.4, -0.2) is 39.2 Å². The summed E-state index contributed by atoms with van der Waals surface area (Å²) in [5.41, 5.74) is -0.896. The Bertz CT molecular complexity index is 386. The lowest BCUT2D eigenvalue weighted by atomic mass is 9.95. The molecule has 0 aromatic rings. The van der Waals surface area contributed by atoms with E-state index in [0.29, 0.717) is 6.61 Å². The van der Waals surface area contributed by atoms with E-state index in [-0.39, 0.29) is 12.0 Å². The second kappa shape index (κ2) is 11.1. The van der Waals surface area contributed by atoms with E-state index < -0.39 is 11.7 Å². The smallest absolute Gasteiger partial charge is 0.303 e. The van der Waals surface area contributed by atoms with Gasteiger partial charge in [0, 0.05) is 6.42 Å². The Morgan fingerprint density at radius 3 is 1.96 bits per heavy atom. The zero-order valence-electron chi connectivity index (χ0n) is 16.6. The number of carboxylic acids is 1. The van der Waals surface area contributed by atoms with Crippen molar-refractivity contribution >= 4 is 5.97 Å². The van der Waals surface area contributed by atoms with Crippen molar-refractivity contribution in [2.75, 3.05) is 6.61 Å². The van der Waals surface area contributed by atoms with Crippen LogP contribution in [0.3, 0.4) is 0 Å². The molecule has 5 heteroatoms. The highest BCUT2D eigenvalue weighted by molar-refractivity contribution is 5.66. The second-order valence-corrected chi connectivity index (χ2v) is 8.18. The van der Waals surface area contributed by atoms with Gasteiger partial charge in [-0.3, -0.25) is 4.79 Å². The largest absolute Gasteiger partial charge is 0.481 e. The molecule has 1 rings (SSSR count). The minimum Gasteiger partial charge on any atom is -0.481 e. The number of hydrogen-bond acceptors (Lipinski definition) is 4. The molecule has 0 aliphatic carbocycles. The molecular formula is C20H39NO4. The number of ether oxygens (including phenoxy) is 1. The summed E-state index contributed by atoms with van der Waals surface area (Å²) in [6.45, 7) is 6.81. The maximum absolute atomic E-state index is 10.7. The quantitative estimate of drug-likeness (QED) is 0.410. The van der Waals surface area contributed by atoms with Crippen molar-refractivity contribution in [3.63, 3.8) is 0 Å². The van der Waals surface area contributed by atoms with Crippen LogP contribution in [0.15, 0.2) is 0 Å². The maximum atomic E-state index is 10.7. The summed E-state index contributed by atoms with van der Waals surface area (Å²) in [4.78, 5) is 10.6. The van der Waals surface area contributed by atoms with Gasteiger partial charge in [0.1, 0.15) is 5.72 Å². The maximum Gasteiger partial charge on any atom is 0.303 e. The average molecular weight is 358 g/mol. The molecule has 0 aromatic carbocycles. The summed E-state index contributed by atoms with van der Waals surface area (Å²) in [5, 5.41) is 20.9. The molecule has 1 atom stereocenters. The lowest BCUT2D eigenvalue weighted by Crippen LogP contribution is -2.50. The summed E-state index contributed by atoms with van der Waals surface area (Å²) >= 11 is 0. The van der Waals surface area contributed by atoms with Gasteiger partial charge in [-0.15, -0.1) is 0 Å². The molecule has 0 amide bonds. The third-order valence-corrected chi connectivity index (χ3v) is 5.28. The van der Waals surface area contributed by atoms with Crippen LogP contribution in [0.25, 0.3) is 0 Å². The fraction of sp³-hybridized carbons (Fsp3) is 0.950. The Balaban J connectivity index is 2.40. The number of aliphatic carboxylic acids is 1. The summed E-state index contributed by atoms with van der Waals surface area (Å²) < 4.78 is 6.12. The summed E-state index contributed by atoms with van der Waals surface area (Å²) in [6, 6.07) is 0. The van der Waals surface area contributed by atoms with Gasteiger partial charge in [0.25, 0.3) is 0 Å². The SMILES string of the molecule is CCCCCCCCC1(CCCCCCC(=O)O)OCC(C)(C)N1O. The molecule has 0 spiro atoms. The van der Waals surface area contributed by atoms with Crippen molar-refractivity contribution in [1.29, 1.82) is 0 Å². The van der Waals surface area contributed by atoms with Gasteiger partial charge in [0.15, 0.2) is 0 Å². The third kappa shape index (κ3) is 7.63. The van der Waals surface area contributed by atoms with Crippen LogP contribution >= 0.6 is 0 Å². The van der Waals surface area contributed by atoms with E-state index in [2.05, 4.69) is 6.92 Å². The van der Waals surface area contributed by atoms with Crippen LogP contribution in [0, 0.1) is 0 Å². The Labute approximate surface area is 153 Å². The van der Waals surface area contributed by atoms with Crippen molar-refractivity contribution in [3.8, 4) is 0 Å². The molecule has 25 heavy (non-hydrogen) atoms. The van der Waals surface area contributed by atoms with Gasteiger partial charge in [-0.05, 0) is 46.0 Å². The first kappa shape index (κ1) is 22.4. The summed E-state index contributed by atoms with van der Waals surface area (Å²) in [7, 11) is 0. The van der Waals surface area contributed by atoms with E-state index >= 15 is 0 Å². The topological polar surface area (TPSA) is 70.0 Å². The van der Waals surface area contributed by atoms with Crippen LogP contribution in [0.1, 0.15) is 104 Å². The van der Waals surface area contributed by atoms with Gasteiger partial charge >= 0.3 is 5.97 Å². The van der Waals surface area contributed by atoms with E-state index in [9.17, 15) is 10.0 Å². The highest BCUT2D eigenvalue weighted by Gasteiger charge is 2.50. The highest BCUT2D eigenvalue weighted by Crippen LogP contribution is 2.40. The van der Waals surface area contributed by atoms with Crippen molar-refractivity contribution < 1.29 is 19.8 Å². The fourth-order valence-corrected chi connectivity index (χ4v) is 3.68. The predicted molar refractivity (Wildman–Crippen MR) is 99.7 cm³/mol. The van der Waals surface area contributed by atoms with Crippen molar-refractivity contribution in [2.45, 2.75) is 116 Å². The Morgan fingerprint density at radius 2 is 1.48 bits per heavy atom. The number of hydrogen-bond donors (Lipinski definition) is 2. The molecule has 1 fully saturated rings. The number of carbonyl (C=O) groups is 1. The average Bonchev–Trinajstić information content (AvgIpc) is 2.78. The van der Waals surface area contributed by atoms with Gasteiger partial charge < -0.3 is 15.1 Å². The molecule has 1 saturated heterocycles. The third-order valence-electron chi connectivity index (χ3n) is 5.28. The molecule has 2 N–H and O–H groups in total. The van der Waals surface area contributed by atoms with Crippen molar-refractivity contribution in [2.24, 2.45) is 0 Å². The van der Waals surface area contributed by atoms with E-state index in [1.165, 1.54) is 37.2 Å². The monoisotopic (exact) mass is 357 g/mol. The van der Waals surface area contributed by atoms with Crippen molar-refractivity contribution in [1.82, 2.24) is 5.06 Å². The summed E-state index contributed by atoms with van der Waals surface area (Å²) in [5.74, 6) is -0.720. The molecule has 148 valence electrons. The van der Waals surface area contributed by atoms with E-state index in [4.69, 9.17) is 9.84 Å². The lowest BCUT2D eigenvalue weighted by Gasteiger charge is -2.37. The Hall–Kier alpha value is -0.650. The molecule has 1 unspecified atom stereocenters. The van der Waals surface area contributed by atoms with Crippen LogP contribution in [0.4, 0.5) is 0 Å². The first-order chi connectivity index (χ1) is 11.8. The predicted octanol–water partition coefficient (Wildman–Crippen LogP) is 5.36. The molecule has 0 bridgehead atoms. The van der Waals surface area contributed by atoms with E-state index in [1.54, 1.807) is 0 Å². The number of carboxylic acid groups (broad SMARTS) is 1. The number of nitrogens with zero attached hydrogens (tertiary/aromatic N) is 1. The van der Waals surface area contributed by atoms with Gasteiger partial charge in [-0.2, -0.15) is 5.06 Å². The number of rotatable bonds is 14. The zero-order chi connectivity index (χ0) is 18.8. The van der Waals surface area contributed by atoms with Crippen LogP contribution in [0.2, 0.25) is 0 Å². The molecule has 0 radical (unpaired) electrons. The lowest BCUT2D eigenvalue weighted by molar-refractivity contribution is -0.256. The van der Waals surface area contributed by atoms with Crippen molar-refractivity contribution in [3.05, 3.63) is 0 Å². The van der Waals surface area contributed by atoms with E-state index in [1.807, 2.05) is 13.8 Å². The first-order valence-corrected chi connectivity index (χ1v) is 10.2. The van der Waals surface area contributed by atoms with Gasteiger partial charge in [0.2, 0.25) is 0 Å². The number of unbranched alkanes of at least 4 members (excludes halogenated alkanes) is 8. The minimum atomic E-state index is -0.720. The van der Waals surface area contributed by atoms with Crippen LogP contribution in [-0.2, 0) is 9.53 Å². The molecular weight excluding hydrogens is 318 g/mol. The number of hydroxylamine groups is 2. The van der Waals surface area contributed by atoms with Gasteiger partial charge in [-0.25, -0.2) is 0 Å². The second-order valence-electron chi connectivity index (χ2n) is 8.18. The highest BCUT2D eigenvalue weighted by atomic mass is 16.6. The summed E-state index contributed by atoms with van der Waals surface area (Å²) in [6.07, 6.45) is 12.9. The minimum absolute atomic E-state index is 0.249. The molecule has 1 heterocycles. The van der Waals surface area contributed by atoms with Crippen LogP contribution in [0.5, 0.6) is 0 Å². The molecule has 1 aliphatic heterocycles. The molecule has 0 saturated carbocycles.